The van der Waals surface area contributed by atoms with E-state index in [0.29, 0.717) is 0 Å². The number of carboxylic acids is 1. The number of amides is 2. The van der Waals surface area contributed by atoms with Gasteiger partial charge >= 0.3 is 12.1 Å². The van der Waals surface area contributed by atoms with Gasteiger partial charge in [-0.25, -0.2) is 9.59 Å². The molecule has 1 atom stereocenters. The van der Waals surface area contributed by atoms with Crippen molar-refractivity contribution in [3.8, 4) is 11.1 Å². The van der Waals surface area contributed by atoms with Crippen molar-refractivity contribution in [3.05, 3.63) is 59.7 Å². The number of rotatable bonds is 5. The number of aliphatic carboxylic acids is 1. The average molecular weight is 438 g/mol. The Labute approximate surface area is 185 Å². The molecule has 1 aliphatic carbocycles. The SMILES string of the molecule is C[C@@H](NC(=O)OCC1c2ccccc2-c2ccccc21)C(=O)N1CCC(O)(C(=O)O)CC1. The van der Waals surface area contributed by atoms with Crippen LogP contribution in [0.25, 0.3) is 11.1 Å². The third kappa shape index (κ3) is 4.05. The van der Waals surface area contributed by atoms with Gasteiger partial charge in [0.2, 0.25) is 5.91 Å². The van der Waals surface area contributed by atoms with E-state index in [1.54, 1.807) is 6.92 Å². The topological polar surface area (TPSA) is 116 Å². The lowest BCUT2D eigenvalue weighted by molar-refractivity contribution is -0.165. The summed E-state index contributed by atoms with van der Waals surface area (Å²) in [5, 5.41) is 21.7. The van der Waals surface area contributed by atoms with Gasteiger partial charge in [0, 0.05) is 31.8 Å². The van der Waals surface area contributed by atoms with Gasteiger partial charge in [-0.3, -0.25) is 4.79 Å². The molecule has 0 bridgehead atoms. The molecule has 0 unspecified atom stereocenters. The zero-order valence-electron chi connectivity index (χ0n) is 17.8. The van der Waals surface area contributed by atoms with Crippen LogP contribution in [0.5, 0.6) is 0 Å². The maximum Gasteiger partial charge on any atom is 0.407 e. The van der Waals surface area contributed by atoms with Gasteiger partial charge in [-0.1, -0.05) is 48.5 Å². The molecule has 1 saturated heterocycles. The number of benzene rings is 2. The molecule has 168 valence electrons. The van der Waals surface area contributed by atoms with E-state index < -0.39 is 23.7 Å². The molecule has 0 saturated carbocycles. The van der Waals surface area contributed by atoms with Crippen LogP contribution in [0.4, 0.5) is 4.79 Å². The Hall–Kier alpha value is -3.39. The van der Waals surface area contributed by atoms with Crippen LogP contribution in [0.1, 0.15) is 36.8 Å². The van der Waals surface area contributed by atoms with Crippen molar-refractivity contribution >= 4 is 18.0 Å². The average Bonchev–Trinajstić information content (AvgIpc) is 3.11. The Morgan fingerprint density at radius 2 is 1.59 bits per heavy atom. The third-order valence-electron chi connectivity index (χ3n) is 6.35. The first-order valence-electron chi connectivity index (χ1n) is 10.7. The fraction of sp³-hybridized carbons (Fsp3) is 0.375. The van der Waals surface area contributed by atoms with E-state index in [1.165, 1.54) is 4.90 Å². The standard InChI is InChI=1S/C24H26N2O6/c1-15(21(27)26-12-10-24(31,11-13-26)22(28)29)25-23(30)32-14-20-18-8-4-2-6-16(18)17-7-3-5-9-19(17)20/h2-9,15,20,31H,10-14H2,1H3,(H,25,30)(H,28,29)/t15-/m1/s1. The van der Waals surface area contributed by atoms with E-state index in [1.807, 2.05) is 36.4 Å². The van der Waals surface area contributed by atoms with Crippen molar-refractivity contribution in [2.24, 2.45) is 0 Å². The van der Waals surface area contributed by atoms with E-state index >= 15 is 0 Å². The van der Waals surface area contributed by atoms with Gasteiger partial charge in [0.05, 0.1) is 0 Å². The summed E-state index contributed by atoms with van der Waals surface area (Å²) in [6.45, 7) is 1.93. The minimum atomic E-state index is -1.81. The Morgan fingerprint density at radius 1 is 1.06 bits per heavy atom. The van der Waals surface area contributed by atoms with E-state index in [9.17, 15) is 19.5 Å². The third-order valence-corrected chi connectivity index (χ3v) is 6.35. The predicted octanol–water partition coefficient (Wildman–Crippen LogP) is 2.35. The summed E-state index contributed by atoms with van der Waals surface area (Å²) < 4.78 is 5.47. The van der Waals surface area contributed by atoms with Gasteiger partial charge < -0.3 is 25.2 Å². The molecule has 8 heteroatoms. The van der Waals surface area contributed by atoms with Crippen LogP contribution in [-0.4, -0.2) is 64.4 Å². The Bertz CT molecular complexity index is 999. The number of hydrogen-bond donors (Lipinski definition) is 3. The molecule has 2 aromatic carbocycles. The number of piperidine rings is 1. The highest BCUT2D eigenvalue weighted by Gasteiger charge is 2.41. The predicted molar refractivity (Wildman–Crippen MR) is 116 cm³/mol. The Balaban J connectivity index is 1.33. The second kappa shape index (κ2) is 8.63. The van der Waals surface area contributed by atoms with Crippen molar-refractivity contribution in [1.82, 2.24) is 10.2 Å². The van der Waals surface area contributed by atoms with Gasteiger partial charge in [-0.2, -0.15) is 0 Å². The van der Waals surface area contributed by atoms with E-state index in [0.717, 1.165) is 22.3 Å². The molecule has 3 N–H and O–H groups in total. The fourth-order valence-electron chi connectivity index (χ4n) is 4.46. The molecule has 1 aliphatic heterocycles. The second-order valence-electron chi connectivity index (χ2n) is 8.35. The van der Waals surface area contributed by atoms with Crippen LogP contribution < -0.4 is 5.32 Å². The first-order valence-corrected chi connectivity index (χ1v) is 10.7. The second-order valence-corrected chi connectivity index (χ2v) is 8.35. The number of hydrogen-bond acceptors (Lipinski definition) is 5. The van der Waals surface area contributed by atoms with Crippen molar-refractivity contribution < 1.29 is 29.3 Å². The number of carbonyl (C=O) groups is 3. The lowest BCUT2D eigenvalue weighted by Crippen LogP contribution is -2.54. The quantitative estimate of drug-likeness (QED) is 0.660. The number of nitrogens with one attached hydrogen (secondary N) is 1. The molecule has 4 rings (SSSR count). The van der Waals surface area contributed by atoms with E-state index in [2.05, 4.69) is 17.4 Å². The van der Waals surface area contributed by atoms with Crippen LogP contribution >= 0.6 is 0 Å². The number of likely N-dealkylation sites (tertiary alicyclic amines) is 1. The minimum absolute atomic E-state index is 0.0499. The molecular formula is C24H26N2O6. The Morgan fingerprint density at radius 3 is 2.12 bits per heavy atom. The number of ether oxygens (including phenoxy) is 1. The van der Waals surface area contributed by atoms with Gasteiger partial charge in [0.25, 0.3) is 0 Å². The monoisotopic (exact) mass is 438 g/mol. The van der Waals surface area contributed by atoms with Crippen LogP contribution in [0.2, 0.25) is 0 Å². The van der Waals surface area contributed by atoms with Gasteiger partial charge in [0.15, 0.2) is 5.60 Å². The zero-order chi connectivity index (χ0) is 22.9. The van der Waals surface area contributed by atoms with Crippen molar-refractivity contribution in [1.29, 1.82) is 0 Å². The first-order chi connectivity index (χ1) is 15.3. The molecule has 0 radical (unpaired) electrons. The number of fused-ring (bicyclic) bond motifs is 3. The molecule has 0 aromatic heterocycles. The molecule has 1 heterocycles. The Kier molecular flexibility index (Phi) is 5.88. The molecule has 2 aromatic rings. The normalized spacial score (nSPS) is 17.8. The molecule has 32 heavy (non-hydrogen) atoms. The molecule has 8 nitrogen and oxygen atoms in total. The summed E-state index contributed by atoms with van der Waals surface area (Å²) in [5.41, 5.74) is 2.66. The van der Waals surface area contributed by atoms with Gasteiger partial charge in [-0.15, -0.1) is 0 Å². The maximum absolute atomic E-state index is 12.6. The maximum atomic E-state index is 12.6. The number of aliphatic hydroxyl groups is 1. The highest BCUT2D eigenvalue weighted by Crippen LogP contribution is 2.44. The van der Waals surface area contributed by atoms with E-state index in [-0.39, 0.29) is 44.4 Å². The van der Waals surface area contributed by atoms with Crippen LogP contribution in [-0.2, 0) is 14.3 Å². The van der Waals surface area contributed by atoms with Gasteiger partial charge in [0.1, 0.15) is 12.6 Å². The summed E-state index contributed by atoms with van der Waals surface area (Å²) in [5.74, 6) is -1.70. The van der Waals surface area contributed by atoms with Crippen LogP contribution in [0.15, 0.2) is 48.5 Å². The van der Waals surface area contributed by atoms with Crippen molar-refractivity contribution in [2.45, 2.75) is 37.3 Å². The molecular weight excluding hydrogens is 412 g/mol. The van der Waals surface area contributed by atoms with Gasteiger partial charge in [-0.05, 0) is 29.2 Å². The summed E-state index contributed by atoms with van der Waals surface area (Å²) in [4.78, 5) is 37.6. The first kappa shape index (κ1) is 21.8. The molecule has 2 amide bonds. The zero-order valence-corrected chi connectivity index (χ0v) is 17.8. The number of alkyl carbamates (subject to hydrolysis) is 1. The summed E-state index contributed by atoms with van der Waals surface area (Å²) in [6.07, 6.45) is -0.788. The highest BCUT2D eigenvalue weighted by atomic mass is 16.5. The number of nitrogens with zero attached hydrogens (tertiary/aromatic N) is 1. The van der Waals surface area contributed by atoms with Crippen molar-refractivity contribution in [2.75, 3.05) is 19.7 Å². The number of carboxylic acid groups (broad SMARTS) is 1. The summed E-state index contributed by atoms with van der Waals surface area (Å²) in [7, 11) is 0. The lowest BCUT2D eigenvalue weighted by Gasteiger charge is -2.36. The molecule has 2 aliphatic rings. The highest BCUT2D eigenvalue weighted by molar-refractivity contribution is 5.86. The summed E-state index contributed by atoms with van der Waals surface area (Å²) in [6, 6.07) is 15.2. The van der Waals surface area contributed by atoms with E-state index in [4.69, 9.17) is 9.84 Å². The smallest absolute Gasteiger partial charge is 0.407 e. The lowest BCUT2D eigenvalue weighted by atomic mass is 9.91. The minimum Gasteiger partial charge on any atom is -0.479 e. The van der Waals surface area contributed by atoms with Crippen LogP contribution in [0, 0.1) is 0 Å². The summed E-state index contributed by atoms with van der Waals surface area (Å²) >= 11 is 0. The van der Waals surface area contributed by atoms with Crippen LogP contribution in [0.3, 0.4) is 0 Å². The molecule has 1 fully saturated rings. The molecule has 0 spiro atoms. The van der Waals surface area contributed by atoms with Crippen molar-refractivity contribution in [3.63, 3.8) is 0 Å². The number of carbonyl (C=O) groups excluding carboxylic acids is 2. The fourth-order valence-corrected chi connectivity index (χ4v) is 4.46. The largest absolute Gasteiger partial charge is 0.479 e.